The number of alkyl halides is 6. The molecule has 0 bridgehead atoms. The molecule has 3 aromatic rings. The number of carbonyl (C=O) groups is 2. The summed E-state index contributed by atoms with van der Waals surface area (Å²) >= 11 is 0.285. The number of aryl methyl sites for hydroxylation is 1. The van der Waals surface area contributed by atoms with Crippen molar-refractivity contribution in [3.05, 3.63) is 63.0 Å². The molecule has 2 heterocycles. The smallest absolute Gasteiger partial charge is 0.436 e. The number of hydrogen-bond donors (Lipinski definition) is 1. The molecule has 1 aromatic carbocycles. The Balaban J connectivity index is 1.92. The lowest BCUT2D eigenvalue weighted by molar-refractivity contribution is -0.141. The molecule has 0 aliphatic rings. The number of benzene rings is 1. The molecule has 0 spiro atoms. The predicted molar refractivity (Wildman–Crippen MR) is 111 cm³/mol. The van der Waals surface area contributed by atoms with Gasteiger partial charge in [0.25, 0.3) is 5.91 Å². The van der Waals surface area contributed by atoms with Crippen LogP contribution in [-0.2, 0) is 24.1 Å². The molecule has 0 saturated carbocycles. The molecule has 14 heteroatoms. The summed E-state index contributed by atoms with van der Waals surface area (Å²) in [6.07, 6.45) is -9.72. The largest absolute Gasteiger partial charge is 0.465 e. The van der Waals surface area contributed by atoms with Gasteiger partial charge in [-0.2, -0.15) is 31.4 Å². The van der Waals surface area contributed by atoms with Gasteiger partial charge in [0.05, 0.1) is 18.7 Å². The minimum Gasteiger partial charge on any atom is -0.465 e. The first-order valence-corrected chi connectivity index (χ1v) is 10.6. The third-order valence-electron chi connectivity index (χ3n) is 4.74. The minimum atomic E-state index is -5.05. The second-order valence-electron chi connectivity index (χ2n) is 7.21. The Morgan fingerprint density at radius 3 is 2.23 bits per heavy atom. The van der Waals surface area contributed by atoms with E-state index in [1.165, 1.54) is 38.3 Å². The van der Waals surface area contributed by atoms with Crippen molar-refractivity contribution in [1.29, 1.82) is 0 Å². The fourth-order valence-corrected chi connectivity index (χ4v) is 3.72. The van der Waals surface area contributed by atoms with Gasteiger partial charge in [0.1, 0.15) is 16.2 Å². The first kappa shape index (κ1) is 26.1. The molecule has 2 aromatic heterocycles. The van der Waals surface area contributed by atoms with E-state index in [0.717, 1.165) is 12.4 Å². The van der Waals surface area contributed by atoms with Gasteiger partial charge < -0.3 is 14.8 Å². The first-order valence-electron chi connectivity index (χ1n) is 9.69. The molecule has 35 heavy (non-hydrogen) atoms. The molecule has 0 unspecified atom stereocenters. The van der Waals surface area contributed by atoms with Gasteiger partial charge >= 0.3 is 18.3 Å². The molecule has 0 aliphatic carbocycles. The number of esters is 1. The molecular formula is C21H17F6N3O4S. The lowest BCUT2D eigenvalue weighted by Gasteiger charge is -2.16. The van der Waals surface area contributed by atoms with Gasteiger partial charge in [0, 0.05) is 18.5 Å². The zero-order valence-electron chi connectivity index (χ0n) is 18.2. The van der Waals surface area contributed by atoms with Gasteiger partial charge in [0.2, 0.25) is 5.88 Å². The first-order chi connectivity index (χ1) is 16.2. The Bertz CT molecular complexity index is 1230. The van der Waals surface area contributed by atoms with E-state index in [2.05, 4.69) is 15.2 Å². The number of amides is 1. The van der Waals surface area contributed by atoms with Crippen molar-refractivity contribution in [3.63, 3.8) is 0 Å². The zero-order chi connectivity index (χ0) is 26.1. The summed E-state index contributed by atoms with van der Waals surface area (Å²) in [6, 6.07) is 5.58. The molecule has 0 fully saturated rings. The monoisotopic (exact) mass is 521 g/mol. The third kappa shape index (κ3) is 5.75. The second kappa shape index (κ2) is 9.60. The summed E-state index contributed by atoms with van der Waals surface area (Å²) in [5.74, 6) is -2.90. The second-order valence-corrected chi connectivity index (χ2v) is 8.12. The quantitative estimate of drug-likeness (QED) is 0.338. The van der Waals surface area contributed by atoms with E-state index < -0.39 is 58.0 Å². The van der Waals surface area contributed by atoms with E-state index in [4.69, 9.17) is 4.74 Å². The van der Waals surface area contributed by atoms with Crippen molar-refractivity contribution in [1.82, 2.24) is 15.1 Å². The molecule has 188 valence electrons. The summed E-state index contributed by atoms with van der Waals surface area (Å²) in [5, 5.41) is 6.66. The number of rotatable bonds is 6. The van der Waals surface area contributed by atoms with Crippen LogP contribution in [0.2, 0.25) is 0 Å². The average Bonchev–Trinajstić information content (AvgIpc) is 3.38. The Morgan fingerprint density at radius 2 is 1.71 bits per heavy atom. The van der Waals surface area contributed by atoms with Crippen LogP contribution in [0.25, 0.3) is 0 Å². The maximum Gasteiger partial charge on any atom is 0.436 e. The third-order valence-corrected chi connectivity index (χ3v) is 5.69. The highest BCUT2D eigenvalue weighted by Gasteiger charge is 2.42. The van der Waals surface area contributed by atoms with Crippen LogP contribution in [0, 0.1) is 0 Å². The highest BCUT2D eigenvalue weighted by atomic mass is 32.1. The normalized spacial score (nSPS) is 12.8. The van der Waals surface area contributed by atoms with E-state index in [9.17, 15) is 35.9 Å². The van der Waals surface area contributed by atoms with Crippen molar-refractivity contribution in [2.24, 2.45) is 7.05 Å². The van der Waals surface area contributed by atoms with E-state index in [1.54, 1.807) is 0 Å². The SMILES string of the molecule is COC(=O)c1ccc([C@H](C)NC(=O)c2c(C(F)(F)F)nn(C)c2Oc2csc(C(F)(F)F)c2)cc1. The zero-order valence-corrected chi connectivity index (χ0v) is 19.1. The van der Waals surface area contributed by atoms with Gasteiger partial charge in [0.15, 0.2) is 5.69 Å². The molecule has 1 amide bonds. The van der Waals surface area contributed by atoms with Crippen LogP contribution >= 0.6 is 11.3 Å². The van der Waals surface area contributed by atoms with Gasteiger partial charge in [-0.25, -0.2) is 9.48 Å². The Kier molecular flexibility index (Phi) is 7.15. The van der Waals surface area contributed by atoms with Crippen LogP contribution < -0.4 is 10.1 Å². The molecule has 0 saturated heterocycles. The molecule has 0 aliphatic heterocycles. The molecule has 1 atom stereocenters. The predicted octanol–water partition coefficient (Wildman–Crippen LogP) is 5.59. The van der Waals surface area contributed by atoms with Gasteiger partial charge in [-0.1, -0.05) is 12.1 Å². The van der Waals surface area contributed by atoms with Crippen molar-refractivity contribution in [2.75, 3.05) is 7.11 Å². The van der Waals surface area contributed by atoms with Gasteiger partial charge in [-0.15, -0.1) is 11.3 Å². The van der Waals surface area contributed by atoms with Crippen LogP contribution in [0.4, 0.5) is 26.3 Å². The lowest BCUT2D eigenvalue weighted by Crippen LogP contribution is -2.28. The number of methoxy groups -OCH3 is 1. The highest BCUT2D eigenvalue weighted by Crippen LogP contribution is 2.40. The minimum absolute atomic E-state index is 0.228. The fraction of sp³-hybridized carbons (Fsp3) is 0.286. The van der Waals surface area contributed by atoms with Crippen molar-refractivity contribution in [2.45, 2.75) is 25.3 Å². The van der Waals surface area contributed by atoms with Crippen LogP contribution in [0.15, 0.2) is 35.7 Å². The van der Waals surface area contributed by atoms with Gasteiger partial charge in [-0.05, 0) is 24.6 Å². The van der Waals surface area contributed by atoms with Crippen molar-refractivity contribution < 1.29 is 45.4 Å². The summed E-state index contributed by atoms with van der Waals surface area (Å²) in [5.41, 5.74) is -1.87. The van der Waals surface area contributed by atoms with Crippen molar-refractivity contribution >= 4 is 23.2 Å². The van der Waals surface area contributed by atoms with Crippen LogP contribution in [-0.4, -0.2) is 28.8 Å². The van der Waals surface area contributed by atoms with Crippen LogP contribution in [0.1, 0.15) is 49.8 Å². The van der Waals surface area contributed by atoms with Gasteiger partial charge in [-0.3, -0.25) is 4.79 Å². The fourth-order valence-electron chi connectivity index (χ4n) is 3.04. The Labute approximate surface area is 198 Å². The maximum atomic E-state index is 13.6. The Hall–Kier alpha value is -3.55. The molecule has 3 rings (SSSR count). The number of halogens is 6. The number of carbonyl (C=O) groups excluding carboxylic acids is 2. The summed E-state index contributed by atoms with van der Waals surface area (Å²) in [7, 11) is 2.26. The molecule has 7 nitrogen and oxygen atoms in total. The summed E-state index contributed by atoms with van der Waals surface area (Å²) in [6.45, 7) is 1.49. The van der Waals surface area contributed by atoms with E-state index in [1.807, 2.05) is 0 Å². The van der Waals surface area contributed by atoms with E-state index in [0.29, 0.717) is 16.3 Å². The number of hydrogen-bond acceptors (Lipinski definition) is 6. The number of thiophene rings is 1. The summed E-state index contributed by atoms with van der Waals surface area (Å²) in [4.78, 5) is 23.4. The molecule has 0 radical (unpaired) electrons. The number of aromatic nitrogens is 2. The number of nitrogens with one attached hydrogen (secondary N) is 1. The van der Waals surface area contributed by atoms with Crippen molar-refractivity contribution in [3.8, 4) is 11.6 Å². The molecular weight excluding hydrogens is 504 g/mol. The number of nitrogens with zero attached hydrogens (tertiary/aromatic N) is 2. The van der Waals surface area contributed by atoms with Crippen LogP contribution in [0.3, 0.4) is 0 Å². The lowest BCUT2D eigenvalue weighted by atomic mass is 10.1. The van der Waals surface area contributed by atoms with E-state index in [-0.39, 0.29) is 16.9 Å². The van der Waals surface area contributed by atoms with Crippen LogP contribution in [0.5, 0.6) is 11.6 Å². The summed E-state index contributed by atoms with van der Waals surface area (Å²) < 4.78 is 89.9. The highest BCUT2D eigenvalue weighted by molar-refractivity contribution is 7.10. The van der Waals surface area contributed by atoms with E-state index >= 15 is 0 Å². The topological polar surface area (TPSA) is 82.5 Å². The number of ether oxygens (including phenoxy) is 2. The average molecular weight is 521 g/mol. The molecule has 1 N–H and O–H groups in total. The Morgan fingerprint density at radius 1 is 1.09 bits per heavy atom. The maximum absolute atomic E-state index is 13.6. The standard InChI is InChI=1S/C21H17F6N3O4S/c1-10(11-4-6-12(7-5-11)19(32)33-3)28-17(31)15-16(21(25,26)27)29-30(2)18(15)34-13-8-14(35-9-13)20(22,23)24/h4-10H,1-3H3,(H,28,31)/t10-/m0/s1.